The minimum atomic E-state index is -3.25. The summed E-state index contributed by atoms with van der Waals surface area (Å²) in [6.07, 6.45) is 1.14. The Kier molecular flexibility index (Phi) is 6.15. The Morgan fingerprint density at radius 3 is 2.23 bits per heavy atom. The molecule has 0 aromatic heterocycles. The van der Waals surface area contributed by atoms with Crippen LogP contribution in [0.1, 0.15) is 34.5 Å². The molecule has 2 aromatic carbocycles. The van der Waals surface area contributed by atoms with Crippen LogP contribution in [0.15, 0.2) is 53.4 Å². The first-order valence-corrected chi connectivity index (χ1v) is 10.0. The van der Waals surface area contributed by atoms with Gasteiger partial charge in [0, 0.05) is 11.8 Å². The lowest BCUT2D eigenvalue weighted by Gasteiger charge is -2.15. The number of hydrogen-bond donors (Lipinski definition) is 2. The number of rotatable bonds is 6. The van der Waals surface area contributed by atoms with Crippen molar-refractivity contribution in [1.82, 2.24) is 10.6 Å². The highest BCUT2D eigenvalue weighted by Gasteiger charge is 2.14. The monoisotopic (exact) mass is 374 g/mol. The summed E-state index contributed by atoms with van der Waals surface area (Å²) in [5.41, 5.74) is 2.14. The van der Waals surface area contributed by atoms with Crippen LogP contribution in [0.25, 0.3) is 0 Å². The minimum Gasteiger partial charge on any atom is -0.348 e. The van der Waals surface area contributed by atoms with Crippen molar-refractivity contribution in [2.45, 2.75) is 24.8 Å². The molecule has 0 bridgehead atoms. The second kappa shape index (κ2) is 8.14. The number of sulfone groups is 1. The molecule has 1 unspecified atom stereocenters. The third-order valence-electron chi connectivity index (χ3n) is 3.98. The molecule has 2 aromatic rings. The number of nitrogens with one attached hydrogen (secondary N) is 2. The smallest absolute Gasteiger partial charge is 0.251 e. The van der Waals surface area contributed by atoms with Crippen LogP contribution in [0.3, 0.4) is 0 Å². The molecule has 2 rings (SSSR count). The fraction of sp³-hybridized carbons (Fsp3) is 0.263. The van der Waals surface area contributed by atoms with Crippen LogP contribution in [-0.2, 0) is 14.6 Å². The summed E-state index contributed by atoms with van der Waals surface area (Å²) in [5, 5.41) is 5.37. The molecule has 2 amide bonds. The zero-order chi connectivity index (χ0) is 19.3. The second-order valence-electron chi connectivity index (χ2n) is 6.13. The third-order valence-corrected chi connectivity index (χ3v) is 5.11. The molecule has 0 heterocycles. The van der Waals surface area contributed by atoms with Gasteiger partial charge in [0.05, 0.1) is 17.5 Å². The predicted octanol–water partition coefficient (Wildman–Crippen LogP) is 2.01. The lowest BCUT2D eigenvalue weighted by Crippen LogP contribution is -2.38. The fourth-order valence-corrected chi connectivity index (χ4v) is 3.09. The van der Waals surface area contributed by atoms with Gasteiger partial charge in [-0.05, 0) is 43.2 Å². The van der Waals surface area contributed by atoms with Crippen molar-refractivity contribution in [3.05, 3.63) is 65.2 Å². The number of amides is 2. The highest BCUT2D eigenvalue weighted by molar-refractivity contribution is 7.90. The molecule has 6 nitrogen and oxygen atoms in total. The molecule has 0 aliphatic rings. The molecular weight excluding hydrogens is 352 g/mol. The van der Waals surface area contributed by atoms with E-state index < -0.39 is 9.84 Å². The van der Waals surface area contributed by atoms with E-state index in [4.69, 9.17) is 0 Å². The zero-order valence-electron chi connectivity index (χ0n) is 14.9. The van der Waals surface area contributed by atoms with E-state index in [1.807, 2.05) is 19.1 Å². The Hall–Kier alpha value is -2.67. The average molecular weight is 374 g/mol. The summed E-state index contributed by atoms with van der Waals surface area (Å²) in [5.74, 6) is -0.630. The SMILES string of the molecule is Cc1ccccc1C(=O)NCC(=O)NC(C)c1ccc(S(C)(=O)=O)cc1. The van der Waals surface area contributed by atoms with Crippen molar-refractivity contribution < 1.29 is 18.0 Å². The fourth-order valence-electron chi connectivity index (χ4n) is 2.46. The van der Waals surface area contributed by atoms with E-state index in [9.17, 15) is 18.0 Å². The molecule has 0 aliphatic heterocycles. The van der Waals surface area contributed by atoms with Crippen molar-refractivity contribution in [1.29, 1.82) is 0 Å². The van der Waals surface area contributed by atoms with E-state index in [-0.39, 0.29) is 29.3 Å². The molecule has 0 saturated carbocycles. The van der Waals surface area contributed by atoms with Crippen LogP contribution in [0.2, 0.25) is 0 Å². The van der Waals surface area contributed by atoms with E-state index in [0.29, 0.717) is 5.56 Å². The Balaban J connectivity index is 1.91. The molecule has 138 valence electrons. The molecule has 0 saturated heterocycles. The minimum absolute atomic E-state index is 0.140. The van der Waals surface area contributed by atoms with Crippen LogP contribution in [0, 0.1) is 6.92 Å². The zero-order valence-corrected chi connectivity index (χ0v) is 15.8. The van der Waals surface area contributed by atoms with E-state index in [1.165, 1.54) is 12.1 Å². The number of carbonyl (C=O) groups is 2. The van der Waals surface area contributed by atoms with Crippen LogP contribution in [0.5, 0.6) is 0 Å². The molecule has 0 spiro atoms. The summed E-state index contributed by atoms with van der Waals surface area (Å²) >= 11 is 0. The largest absolute Gasteiger partial charge is 0.348 e. The van der Waals surface area contributed by atoms with Gasteiger partial charge in [0.15, 0.2) is 9.84 Å². The van der Waals surface area contributed by atoms with Gasteiger partial charge in [0.1, 0.15) is 0 Å². The molecule has 0 radical (unpaired) electrons. The number of aryl methyl sites for hydroxylation is 1. The number of hydrogen-bond acceptors (Lipinski definition) is 4. The quantitative estimate of drug-likeness (QED) is 0.809. The van der Waals surface area contributed by atoms with Gasteiger partial charge in [-0.1, -0.05) is 30.3 Å². The first-order valence-electron chi connectivity index (χ1n) is 8.11. The second-order valence-corrected chi connectivity index (χ2v) is 8.14. The first-order chi connectivity index (χ1) is 12.2. The highest BCUT2D eigenvalue weighted by Crippen LogP contribution is 2.16. The van der Waals surface area contributed by atoms with Crippen molar-refractivity contribution in [2.75, 3.05) is 12.8 Å². The highest BCUT2D eigenvalue weighted by atomic mass is 32.2. The Morgan fingerprint density at radius 2 is 1.65 bits per heavy atom. The third kappa shape index (κ3) is 5.16. The number of carbonyl (C=O) groups excluding carboxylic acids is 2. The summed E-state index contributed by atoms with van der Waals surface area (Å²) in [4.78, 5) is 24.4. The van der Waals surface area contributed by atoms with Crippen LogP contribution < -0.4 is 10.6 Å². The summed E-state index contributed by atoms with van der Waals surface area (Å²) in [6, 6.07) is 13.2. The van der Waals surface area contributed by atoms with E-state index in [1.54, 1.807) is 31.2 Å². The van der Waals surface area contributed by atoms with Gasteiger partial charge in [-0.2, -0.15) is 0 Å². The lowest BCUT2D eigenvalue weighted by atomic mass is 10.1. The van der Waals surface area contributed by atoms with Crippen LogP contribution >= 0.6 is 0 Å². The summed E-state index contributed by atoms with van der Waals surface area (Å²) in [6.45, 7) is 3.48. The molecule has 26 heavy (non-hydrogen) atoms. The van der Waals surface area contributed by atoms with Crippen molar-refractivity contribution in [3.8, 4) is 0 Å². The summed E-state index contributed by atoms with van der Waals surface area (Å²) < 4.78 is 22.9. The maximum Gasteiger partial charge on any atom is 0.251 e. The Labute approximate surface area is 153 Å². The molecule has 0 fully saturated rings. The maximum atomic E-state index is 12.1. The maximum absolute atomic E-state index is 12.1. The standard InChI is InChI=1S/C19H22N2O4S/c1-13-6-4-5-7-17(13)19(23)20-12-18(22)21-14(2)15-8-10-16(11-9-15)26(3,24)25/h4-11,14H,12H2,1-3H3,(H,20,23)(H,21,22). The van der Waals surface area contributed by atoms with E-state index in [0.717, 1.165) is 17.4 Å². The van der Waals surface area contributed by atoms with Crippen molar-refractivity contribution >= 4 is 21.7 Å². The summed E-state index contributed by atoms with van der Waals surface area (Å²) in [7, 11) is -3.25. The van der Waals surface area contributed by atoms with Gasteiger partial charge in [-0.15, -0.1) is 0 Å². The Morgan fingerprint density at radius 1 is 1.04 bits per heavy atom. The van der Waals surface area contributed by atoms with Gasteiger partial charge < -0.3 is 10.6 Å². The number of benzene rings is 2. The van der Waals surface area contributed by atoms with Crippen LogP contribution in [-0.4, -0.2) is 33.0 Å². The van der Waals surface area contributed by atoms with Crippen molar-refractivity contribution in [3.63, 3.8) is 0 Å². The van der Waals surface area contributed by atoms with E-state index >= 15 is 0 Å². The van der Waals surface area contributed by atoms with Gasteiger partial charge in [-0.3, -0.25) is 9.59 Å². The average Bonchev–Trinajstić information content (AvgIpc) is 2.59. The topological polar surface area (TPSA) is 92.3 Å². The van der Waals surface area contributed by atoms with Gasteiger partial charge in [0.25, 0.3) is 5.91 Å². The Bertz CT molecular complexity index is 905. The van der Waals surface area contributed by atoms with Gasteiger partial charge in [0.2, 0.25) is 5.91 Å². The van der Waals surface area contributed by atoms with Crippen molar-refractivity contribution in [2.24, 2.45) is 0 Å². The van der Waals surface area contributed by atoms with E-state index in [2.05, 4.69) is 10.6 Å². The molecular formula is C19H22N2O4S. The van der Waals surface area contributed by atoms with Gasteiger partial charge in [-0.25, -0.2) is 8.42 Å². The normalized spacial score (nSPS) is 12.3. The molecule has 2 N–H and O–H groups in total. The lowest BCUT2D eigenvalue weighted by molar-refractivity contribution is -0.120. The molecule has 0 aliphatic carbocycles. The van der Waals surface area contributed by atoms with Crippen LogP contribution in [0.4, 0.5) is 0 Å². The van der Waals surface area contributed by atoms with Gasteiger partial charge >= 0.3 is 0 Å². The first kappa shape index (κ1) is 19.7. The molecule has 1 atom stereocenters. The predicted molar refractivity (Wildman–Crippen MR) is 99.6 cm³/mol. The molecule has 7 heteroatoms.